The van der Waals surface area contributed by atoms with Crippen LogP contribution in [0, 0.1) is 5.82 Å². The topological polar surface area (TPSA) is 86.8 Å². The summed E-state index contributed by atoms with van der Waals surface area (Å²) < 4.78 is 39.9. The number of amides is 2. The lowest BCUT2D eigenvalue weighted by atomic mass is 10.1. The first-order valence-corrected chi connectivity index (χ1v) is 12.6. The maximum atomic E-state index is 13.3. The zero-order chi connectivity index (χ0) is 24.1. The fourth-order valence-electron chi connectivity index (χ4n) is 3.02. The highest BCUT2D eigenvalue weighted by Crippen LogP contribution is 2.23. The molecule has 2 rings (SSSR count). The maximum Gasteiger partial charge on any atom is 0.244 e. The number of hydrogen-bond acceptors (Lipinski definition) is 4. The van der Waals surface area contributed by atoms with E-state index in [0.29, 0.717) is 15.7 Å². The molecule has 0 aliphatic rings. The van der Waals surface area contributed by atoms with Gasteiger partial charge in [0, 0.05) is 17.1 Å². The second-order valence-electron chi connectivity index (χ2n) is 7.74. The highest BCUT2D eigenvalue weighted by molar-refractivity contribution is 9.10. The Kier molecular flexibility index (Phi) is 8.80. The smallest absolute Gasteiger partial charge is 0.244 e. The number of benzene rings is 2. The van der Waals surface area contributed by atoms with Gasteiger partial charge in [-0.3, -0.25) is 13.9 Å². The summed E-state index contributed by atoms with van der Waals surface area (Å²) >= 11 is 3.31. The third-order valence-corrected chi connectivity index (χ3v) is 6.27. The average Bonchev–Trinajstić information content (AvgIpc) is 2.69. The lowest BCUT2D eigenvalue weighted by Crippen LogP contribution is -2.52. The van der Waals surface area contributed by atoms with Crippen LogP contribution in [0.2, 0.25) is 0 Å². The minimum Gasteiger partial charge on any atom is -0.352 e. The van der Waals surface area contributed by atoms with Crippen molar-refractivity contribution in [3.05, 3.63) is 64.4 Å². The van der Waals surface area contributed by atoms with Crippen molar-refractivity contribution < 1.29 is 22.4 Å². The van der Waals surface area contributed by atoms with E-state index in [4.69, 9.17) is 0 Å². The van der Waals surface area contributed by atoms with Crippen LogP contribution in [-0.2, 0) is 26.2 Å². The molecule has 7 nitrogen and oxygen atoms in total. The summed E-state index contributed by atoms with van der Waals surface area (Å²) in [5.41, 5.74) is 0.925. The fraction of sp³-hybridized carbons (Fsp3) is 0.364. The number of halogens is 2. The Morgan fingerprint density at radius 1 is 1.09 bits per heavy atom. The van der Waals surface area contributed by atoms with Gasteiger partial charge in [-0.1, -0.05) is 34.1 Å². The number of carbonyl (C=O) groups excluding carboxylic acids is 2. The van der Waals surface area contributed by atoms with Crippen LogP contribution in [0.1, 0.15) is 26.3 Å². The lowest BCUT2D eigenvalue weighted by Gasteiger charge is -2.32. The van der Waals surface area contributed by atoms with Crippen molar-refractivity contribution in [2.75, 3.05) is 17.1 Å². The standard InChI is InChI=1S/C22H27BrFN3O4S/c1-15(2)25-22(29)16(3)26(13-17-8-10-19(24)11-9-17)21(28)14-27(32(4,30)31)20-7-5-6-18(23)12-20/h5-12,15-16H,13-14H2,1-4H3,(H,25,29)/t16-/m0/s1. The van der Waals surface area contributed by atoms with Gasteiger partial charge in [-0.05, 0) is 56.7 Å². The Hall–Kier alpha value is -2.46. The molecule has 32 heavy (non-hydrogen) atoms. The maximum absolute atomic E-state index is 13.3. The molecule has 0 aliphatic heterocycles. The van der Waals surface area contributed by atoms with E-state index in [2.05, 4.69) is 21.2 Å². The number of carbonyl (C=O) groups is 2. The molecular formula is C22H27BrFN3O4S. The van der Waals surface area contributed by atoms with Crippen LogP contribution >= 0.6 is 15.9 Å². The zero-order valence-electron chi connectivity index (χ0n) is 18.4. The number of nitrogens with one attached hydrogen (secondary N) is 1. The first-order chi connectivity index (χ1) is 14.9. The molecule has 0 fully saturated rings. The van der Waals surface area contributed by atoms with E-state index in [1.54, 1.807) is 45.0 Å². The first-order valence-electron chi connectivity index (χ1n) is 9.96. The lowest BCUT2D eigenvalue weighted by molar-refractivity contribution is -0.139. The Balaban J connectivity index is 2.38. The molecule has 2 aromatic rings. The molecule has 0 saturated heterocycles. The monoisotopic (exact) mass is 527 g/mol. The van der Waals surface area contributed by atoms with Gasteiger partial charge in [-0.15, -0.1) is 0 Å². The normalized spacial score (nSPS) is 12.3. The van der Waals surface area contributed by atoms with Gasteiger partial charge in [0.25, 0.3) is 0 Å². The van der Waals surface area contributed by atoms with Gasteiger partial charge in [0.05, 0.1) is 11.9 Å². The molecule has 0 bridgehead atoms. The van der Waals surface area contributed by atoms with Crippen LogP contribution in [0.25, 0.3) is 0 Å². The third kappa shape index (κ3) is 7.30. The Morgan fingerprint density at radius 3 is 2.25 bits per heavy atom. The second kappa shape index (κ2) is 10.9. The number of anilines is 1. The minimum atomic E-state index is -3.79. The van der Waals surface area contributed by atoms with E-state index in [1.165, 1.54) is 29.2 Å². The summed E-state index contributed by atoms with van der Waals surface area (Å²) in [7, 11) is -3.79. The molecule has 174 valence electrons. The average molecular weight is 528 g/mol. The van der Waals surface area contributed by atoms with Crippen LogP contribution in [0.4, 0.5) is 10.1 Å². The highest BCUT2D eigenvalue weighted by atomic mass is 79.9. The van der Waals surface area contributed by atoms with Gasteiger partial charge in [0.15, 0.2) is 0 Å². The third-order valence-electron chi connectivity index (χ3n) is 4.64. The second-order valence-corrected chi connectivity index (χ2v) is 10.6. The molecule has 1 N–H and O–H groups in total. The molecule has 0 saturated carbocycles. The van der Waals surface area contributed by atoms with Crippen molar-refractivity contribution in [3.8, 4) is 0 Å². The summed E-state index contributed by atoms with van der Waals surface area (Å²) in [5, 5.41) is 2.76. The summed E-state index contributed by atoms with van der Waals surface area (Å²) in [6.45, 7) is 4.70. The number of nitrogens with zero attached hydrogens (tertiary/aromatic N) is 2. The van der Waals surface area contributed by atoms with Crippen LogP contribution in [-0.4, -0.2) is 50.0 Å². The predicted octanol–water partition coefficient (Wildman–Crippen LogP) is 3.30. The Labute approximate surface area is 196 Å². The van der Waals surface area contributed by atoms with Crippen LogP contribution < -0.4 is 9.62 Å². The van der Waals surface area contributed by atoms with E-state index in [0.717, 1.165) is 10.6 Å². The van der Waals surface area contributed by atoms with Crippen molar-refractivity contribution in [2.24, 2.45) is 0 Å². The quantitative estimate of drug-likeness (QED) is 0.542. The van der Waals surface area contributed by atoms with Crippen molar-refractivity contribution in [1.29, 1.82) is 0 Å². The van der Waals surface area contributed by atoms with E-state index in [-0.39, 0.29) is 18.5 Å². The molecule has 0 heterocycles. The molecular weight excluding hydrogens is 501 g/mol. The molecule has 2 aromatic carbocycles. The van der Waals surface area contributed by atoms with Crippen LogP contribution in [0.3, 0.4) is 0 Å². The van der Waals surface area contributed by atoms with Crippen molar-refractivity contribution >= 4 is 43.5 Å². The van der Waals surface area contributed by atoms with Crippen LogP contribution in [0.5, 0.6) is 0 Å². The molecule has 0 spiro atoms. The Bertz CT molecular complexity index is 1060. The molecule has 2 amide bonds. The highest BCUT2D eigenvalue weighted by Gasteiger charge is 2.30. The van der Waals surface area contributed by atoms with Gasteiger partial charge < -0.3 is 10.2 Å². The molecule has 10 heteroatoms. The van der Waals surface area contributed by atoms with Crippen molar-refractivity contribution in [1.82, 2.24) is 10.2 Å². The molecule has 0 aromatic heterocycles. The van der Waals surface area contributed by atoms with E-state index >= 15 is 0 Å². The van der Waals surface area contributed by atoms with Crippen molar-refractivity contribution in [3.63, 3.8) is 0 Å². The SMILES string of the molecule is CC(C)NC(=O)[C@H](C)N(Cc1ccc(F)cc1)C(=O)CN(c1cccc(Br)c1)S(C)(=O)=O. The van der Waals surface area contributed by atoms with Gasteiger partial charge in [0.1, 0.15) is 18.4 Å². The van der Waals surface area contributed by atoms with Crippen LogP contribution in [0.15, 0.2) is 53.0 Å². The number of hydrogen-bond donors (Lipinski definition) is 1. The predicted molar refractivity (Wildman–Crippen MR) is 126 cm³/mol. The summed E-state index contributed by atoms with van der Waals surface area (Å²) in [6.07, 6.45) is 1.01. The van der Waals surface area contributed by atoms with Gasteiger partial charge in [0.2, 0.25) is 21.8 Å². The van der Waals surface area contributed by atoms with Gasteiger partial charge in [-0.2, -0.15) is 0 Å². The molecule has 0 aliphatic carbocycles. The molecule has 1 atom stereocenters. The number of rotatable bonds is 9. The fourth-order valence-corrected chi connectivity index (χ4v) is 4.25. The van der Waals surface area contributed by atoms with Gasteiger partial charge >= 0.3 is 0 Å². The molecule has 0 unspecified atom stereocenters. The van der Waals surface area contributed by atoms with E-state index in [1.807, 2.05) is 0 Å². The summed E-state index contributed by atoms with van der Waals surface area (Å²) in [6, 6.07) is 11.1. The first kappa shape index (κ1) is 25.8. The largest absolute Gasteiger partial charge is 0.352 e. The van der Waals surface area contributed by atoms with Crippen molar-refractivity contribution in [2.45, 2.75) is 39.4 Å². The Morgan fingerprint density at radius 2 is 1.72 bits per heavy atom. The zero-order valence-corrected chi connectivity index (χ0v) is 20.8. The summed E-state index contributed by atoms with van der Waals surface area (Å²) in [4.78, 5) is 27.2. The van der Waals surface area contributed by atoms with Gasteiger partial charge in [-0.25, -0.2) is 12.8 Å². The minimum absolute atomic E-state index is 0.0158. The summed E-state index contributed by atoms with van der Waals surface area (Å²) in [5.74, 6) is -1.36. The van der Waals surface area contributed by atoms with E-state index in [9.17, 15) is 22.4 Å². The number of sulfonamides is 1. The molecule has 0 radical (unpaired) electrons. The van der Waals surface area contributed by atoms with E-state index < -0.39 is 34.3 Å².